The number of carbonyl (C=O) groups is 3. The van der Waals surface area contributed by atoms with Gasteiger partial charge in [0.25, 0.3) is 0 Å². The van der Waals surface area contributed by atoms with Crippen LogP contribution < -0.4 is 16.4 Å². The summed E-state index contributed by atoms with van der Waals surface area (Å²) >= 11 is 0. The van der Waals surface area contributed by atoms with Crippen molar-refractivity contribution in [2.75, 3.05) is 26.4 Å². The summed E-state index contributed by atoms with van der Waals surface area (Å²) in [4.78, 5) is 45.4. The Labute approximate surface area is 289 Å². The standard InChI is InChI=1S/C27H31F2N5O2.C10H21NO2/c1-3-34(2)24(15-18-7-5-4-6-8-18)27(36)33-23(14-19-9-11-21(28)22(29)13-19)26(35)32-17-20-10-12-25(30)31-16-20;1-6-8(4)9(10(12)13)11(5)7(2)3/h4-13,16,23-24H,3,14-15,17H2,1-2H3,(H2,30,31)(H,32,35)(H,33,36);7-9H,6H2,1-5H3,(H,12,13)/t23-,24-;8?,9-/m00/s1. The molecule has 12 heteroatoms. The van der Waals surface area contributed by atoms with E-state index in [1.165, 1.54) is 6.07 Å². The van der Waals surface area contributed by atoms with Gasteiger partial charge in [-0.3, -0.25) is 24.2 Å². The zero-order valence-corrected chi connectivity index (χ0v) is 29.6. The minimum absolute atomic E-state index is 0.0113. The van der Waals surface area contributed by atoms with Gasteiger partial charge in [0.1, 0.15) is 17.9 Å². The van der Waals surface area contributed by atoms with Gasteiger partial charge in [0.2, 0.25) is 11.8 Å². The van der Waals surface area contributed by atoms with Crippen LogP contribution in [-0.2, 0) is 33.8 Å². The van der Waals surface area contributed by atoms with Gasteiger partial charge in [-0.25, -0.2) is 13.8 Å². The van der Waals surface area contributed by atoms with Crippen molar-refractivity contribution in [3.05, 3.63) is 95.2 Å². The van der Waals surface area contributed by atoms with Crippen LogP contribution in [0, 0.1) is 17.6 Å². The van der Waals surface area contributed by atoms with E-state index >= 15 is 0 Å². The molecule has 0 radical (unpaired) electrons. The second-order valence-electron chi connectivity index (χ2n) is 12.5. The zero-order chi connectivity index (χ0) is 36.7. The molecule has 1 aromatic heterocycles. The van der Waals surface area contributed by atoms with Gasteiger partial charge in [0.05, 0.1) is 6.04 Å². The second-order valence-corrected chi connectivity index (χ2v) is 12.5. The fourth-order valence-corrected chi connectivity index (χ4v) is 5.10. The zero-order valence-electron chi connectivity index (χ0n) is 29.6. The number of rotatable bonds is 16. The highest BCUT2D eigenvalue weighted by atomic mass is 19.2. The van der Waals surface area contributed by atoms with Crippen molar-refractivity contribution in [3.63, 3.8) is 0 Å². The van der Waals surface area contributed by atoms with Crippen LogP contribution in [0.1, 0.15) is 57.7 Å². The highest BCUT2D eigenvalue weighted by Gasteiger charge is 2.30. The van der Waals surface area contributed by atoms with Crippen molar-refractivity contribution in [1.82, 2.24) is 25.4 Å². The minimum Gasteiger partial charge on any atom is -0.480 e. The Morgan fingerprint density at radius 3 is 2.06 bits per heavy atom. The Kier molecular flexibility index (Phi) is 16.8. The van der Waals surface area contributed by atoms with Crippen LogP contribution in [0.4, 0.5) is 14.6 Å². The highest BCUT2D eigenvalue weighted by Crippen LogP contribution is 2.16. The second kappa shape index (κ2) is 20.2. The summed E-state index contributed by atoms with van der Waals surface area (Å²) in [7, 11) is 3.71. The highest BCUT2D eigenvalue weighted by molar-refractivity contribution is 5.90. The Morgan fingerprint density at radius 2 is 1.53 bits per heavy atom. The van der Waals surface area contributed by atoms with Gasteiger partial charge >= 0.3 is 5.97 Å². The lowest BCUT2D eigenvalue weighted by atomic mass is 9.97. The largest absolute Gasteiger partial charge is 0.480 e. The lowest BCUT2D eigenvalue weighted by molar-refractivity contribution is -0.145. The van der Waals surface area contributed by atoms with Crippen LogP contribution in [0.5, 0.6) is 0 Å². The Hall–Kier alpha value is -4.42. The number of carboxylic acid groups (broad SMARTS) is 1. The number of hydrogen-bond donors (Lipinski definition) is 4. The van der Waals surface area contributed by atoms with Gasteiger partial charge in [0.15, 0.2) is 11.6 Å². The molecular formula is C37H52F2N6O4. The van der Waals surface area contributed by atoms with Crippen LogP contribution in [0.15, 0.2) is 66.9 Å². The number of amides is 2. The average molecular weight is 683 g/mol. The summed E-state index contributed by atoms with van der Waals surface area (Å²) < 4.78 is 27.3. The quantitative estimate of drug-likeness (QED) is 0.171. The third kappa shape index (κ3) is 13.2. The van der Waals surface area contributed by atoms with Crippen molar-refractivity contribution in [1.29, 1.82) is 0 Å². The van der Waals surface area contributed by atoms with Gasteiger partial charge < -0.3 is 21.5 Å². The molecule has 0 saturated heterocycles. The normalized spacial score (nSPS) is 13.6. The van der Waals surface area contributed by atoms with Gasteiger partial charge in [-0.15, -0.1) is 0 Å². The number of hydrogen-bond acceptors (Lipinski definition) is 7. The molecule has 268 valence electrons. The third-order valence-electron chi connectivity index (χ3n) is 8.67. The summed E-state index contributed by atoms with van der Waals surface area (Å²) in [5.41, 5.74) is 7.69. The van der Waals surface area contributed by atoms with Crippen molar-refractivity contribution < 1.29 is 28.3 Å². The number of carboxylic acids is 1. The Bertz CT molecular complexity index is 1480. The SMILES string of the molecule is CCC(C)[C@@H](C(=O)O)N(C)C(C)C.CCN(C)[C@@H](Cc1ccccc1)C(=O)N[C@@H](Cc1ccc(F)c(F)c1)C(=O)NCc1ccc(N)nc1. The van der Waals surface area contributed by atoms with E-state index in [0.717, 1.165) is 29.7 Å². The van der Waals surface area contributed by atoms with E-state index in [-0.39, 0.29) is 36.9 Å². The number of pyridine rings is 1. The predicted molar refractivity (Wildman–Crippen MR) is 189 cm³/mol. The van der Waals surface area contributed by atoms with Crippen LogP contribution >= 0.6 is 0 Å². The molecule has 0 aliphatic rings. The molecule has 2 aromatic carbocycles. The van der Waals surface area contributed by atoms with E-state index in [0.29, 0.717) is 24.3 Å². The first-order chi connectivity index (χ1) is 23.2. The molecule has 0 spiro atoms. The molecule has 1 heterocycles. The first-order valence-electron chi connectivity index (χ1n) is 16.6. The van der Waals surface area contributed by atoms with Crippen molar-refractivity contribution >= 4 is 23.6 Å². The fourth-order valence-electron chi connectivity index (χ4n) is 5.10. The van der Waals surface area contributed by atoms with E-state index < -0.39 is 35.6 Å². The van der Waals surface area contributed by atoms with Crippen LogP contribution in [0.2, 0.25) is 0 Å². The number of anilines is 1. The van der Waals surface area contributed by atoms with Crippen molar-refractivity contribution in [2.24, 2.45) is 5.92 Å². The summed E-state index contributed by atoms with van der Waals surface area (Å²) in [6.45, 7) is 10.8. The number of benzene rings is 2. The molecule has 3 aromatic rings. The van der Waals surface area contributed by atoms with E-state index in [2.05, 4.69) is 15.6 Å². The van der Waals surface area contributed by atoms with Gasteiger partial charge in [-0.05, 0) is 81.7 Å². The number of nitrogen functional groups attached to an aromatic ring is 1. The van der Waals surface area contributed by atoms with Gasteiger partial charge in [0, 0.05) is 25.2 Å². The maximum Gasteiger partial charge on any atom is 0.321 e. The van der Waals surface area contributed by atoms with Crippen LogP contribution in [0.3, 0.4) is 0 Å². The average Bonchev–Trinajstić information content (AvgIpc) is 3.08. The number of nitrogens with two attached hydrogens (primary N) is 1. The molecule has 0 saturated carbocycles. The van der Waals surface area contributed by atoms with E-state index in [1.54, 1.807) is 18.3 Å². The first kappa shape index (κ1) is 40.8. The predicted octanol–water partition coefficient (Wildman–Crippen LogP) is 4.67. The molecule has 0 aliphatic carbocycles. The van der Waals surface area contributed by atoms with E-state index in [9.17, 15) is 23.2 Å². The molecule has 0 fully saturated rings. The molecule has 49 heavy (non-hydrogen) atoms. The van der Waals surface area contributed by atoms with Crippen molar-refractivity contribution in [3.8, 4) is 0 Å². The maximum atomic E-state index is 13.8. The van der Waals surface area contributed by atoms with E-state index in [4.69, 9.17) is 10.8 Å². The number of likely N-dealkylation sites (N-methyl/N-ethyl adjacent to an activating group) is 2. The molecule has 2 amide bonds. The number of carbonyl (C=O) groups excluding carboxylic acids is 2. The molecule has 0 aliphatic heterocycles. The summed E-state index contributed by atoms with van der Waals surface area (Å²) in [6, 6.07) is 14.8. The summed E-state index contributed by atoms with van der Waals surface area (Å²) in [6.07, 6.45) is 2.88. The van der Waals surface area contributed by atoms with Crippen LogP contribution in [-0.4, -0.2) is 82.5 Å². The van der Waals surface area contributed by atoms with E-state index in [1.807, 2.05) is 88.8 Å². The number of aromatic nitrogens is 1. The molecular weight excluding hydrogens is 630 g/mol. The lowest BCUT2D eigenvalue weighted by Crippen LogP contribution is -2.54. The van der Waals surface area contributed by atoms with Crippen molar-refractivity contribution in [2.45, 2.75) is 84.6 Å². The maximum absolute atomic E-state index is 13.8. The summed E-state index contributed by atoms with van der Waals surface area (Å²) in [5.74, 6) is -2.94. The summed E-state index contributed by atoms with van der Waals surface area (Å²) in [5, 5.41) is 14.7. The third-order valence-corrected chi connectivity index (χ3v) is 8.67. The smallest absolute Gasteiger partial charge is 0.321 e. The molecule has 1 unspecified atom stereocenters. The Morgan fingerprint density at radius 1 is 0.878 bits per heavy atom. The topological polar surface area (TPSA) is 141 Å². The number of nitrogens with zero attached hydrogens (tertiary/aromatic N) is 3. The Balaban J connectivity index is 0.000000543. The number of nitrogens with one attached hydrogen (secondary N) is 2. The number of halogens is 2. The molecule has 0 bridgehead atoms. The van der Waals surface area contributed by atoms with Crippen LogP contribution in [0.25, 0.3) is 0 Å². The van der Waals surface area contributed by atoms with Gasteiger partial charge in [-0.1, -0.05) is 69.7 Å². The molecule has 3 rings (SSSR count). The molecule has 10 nitrogen and oxygen atoms in total. The minimum atomic E-state index is -1.02. The molecule has 4 atom stereocenters. The molecule has 5 N–H and O–H groups in total. The first-order valence-corrected chi connectivity index (χ1v) is 16.6. The van der Waals surface area contributed by atoms with Gasteiger partial charge in [-0.2, -0.15) is 0 Å². The lowest BCUT2D eigenvalue weighted by Gasteiger charge is -2.31. The number of aliphatic carboxylic acids is 1. The fraction of sp³-hybridized carbons (Fsp3) is 0.459. The monoisotopic (exact) mass is 682 g/mol.